The van der Waals surface area contributed by atoms with Crippen molar-refractivity contribution in [2.75, 3.05) is 62.2 Å². The number of alkyl halides is 6. The molecule has 0 aliphatic carbocycles. The van der Waals surface area contributed by atoms with Crippen LogP contribution in [0.4, 0.5) is 38.0 Å². The molecule has 0 bridgehead atoms. The van der Waals surface area contributed by atoms with E-state index in [2.05, 4.69) is 20.2 Å². The standard InChI is InChI=1S/C34H30Cl2F6N8/c35-23-7-9-27(33(37,38)39)25(21-23)31(49-17-13-47(14-18-49)29-5-1-3-11-43-29)45-46-32(26-22-24(36)8-10-28(26)34(40,41)42)50-19-15-48(16-20-50)30-6-2-4-12-44-30/h1-12,21-22H,13-20H2. The highest BCUT2D eigenvalue weighted by atomic mass is 35.5. The SMILES string of the molecule is FC(F)(F)c1ccc(Cl)cc1C(=NN=C(c1cc(Cl)ccc1C(F)(F)F)N1CCN(c2ccccn2)CC1)N1CCN(c2ccccn2)CC1. The smallest absolute Gasteiger partial charge is 0.353 e. The summed E-state index contributed by atoms with van der Waals surface area (Å²) in [5, 5.41) is 8.79. The van der Waals surface area contributed by atoms with Gasteiger partial charge in [0.1, 0.15) is 11.6 Å². The first kappa shape index (κ1) is 35.3. The molecule has 16 heteroatoms. The second-order valence-electron chi connectivity index (χ2n) is 11.5. The molecule has 50 heavy (non-hydrogen) atoms. The molecule has 0 unspecified atom stereocenters. The lowest BCUT2D eigenvalue weighted by Gasteiger charge is -2.38. The van der Waals surface area contributed by atoms with Crippen molar-refractivity contribution in [3.05, 3.63) is 117 Å². The Bertz CT molecular complexity index is 1700. The predicted octanol–water partition coefficient (Wildman–Crippen LogP) is 7.57. The molecule has 8 nitrogen and oxygen atoms in total. The van der Waals surface area contributed by atoms with E-state index in [1.54, 1.807) is 34.3 Å². The van der Waals surface area contributed by atoms with Crippen LogP contribution >= 0.6 is 23.2 Å². The molecule has 2 aromatic carbocycles. The Morgan fingerprint density at radius 1 is 0.540 bits per heavy atom. The lowest BCUT2D eigenvalue weighted by molar-refractivity contribution is -0.138. The summed E-state index contributed by atoms with van der Waals surface area (Å²) in [6.07, 6.45) is -6.29. The van der Waals surface area contributed by atoms with Crippen LogP contribution in [0.15, 0.2) is 95.4 Å². The fourth-order valence-corrected chi connectivity index (χ4v) is 6.29. The van der Waals surface area contributed by atoms with Gasteiger partial charge < -0.3 is 19.6 Å². The van der Waals surface area contributed by atoms with E-state index in [1.807, 2.05) is 34.1 Å². The highest BCUT2D eigenvalue weighted by molar-refractivity contribution is 6.31. The van der Waals surface area contributed by atoms with Crippen LogP contribution in [-0.2, 0) is 12.4 Å². The summed E-state index contributed by atoms with van der Waals surface area (Å²) in [5.41, 5.74) is -2.71. The van der Waals surface area contributed by atoms with E-state index in [0.29, 0.717) is 37.8 Å². The molecule has 6 rings (SSSR count). The topological polar surface area (TPSA) is 63.5 Å². The summed E-state index contributed by atoms with van der Waals surface area (Å²) >= 11 is 12.5. The largest absolute Gasteiger partial charge is 0.417 e. The summed E-state index contributed by atoms with van der Waals surface area (Å²) in [7, 11) is 0. The molecule has 2 aromatic heterocycles. The van der Waals surface area contributed by atoms with E-state index >= 15 is 0 Å². The minimum Gasteiger partial charge on any atom is -0.353 e. The van der Waals surface area contributed by atoms with Crippen molar-refractivity contribution >= 4 is 46.5 Å². The van der Waals surface area contributed by atoms with Crippen molar-refractivity contribution in [2.45, 2.75) is 12.4 Å². The van der Waals surface area contributed by atoms with E-state index in [1.165, 1.54) is 0 Å². The third-order valence-corrected chi connectivity index (χ3v) is 8.87. The van der Waals surface area contributed by atoms with E-state index in [-0.39, 0.29) is 59.0 Å². The highest BCUT2D eigenvalue weighted by Crippen LogP contribution is 2.36. The molecule has 262 valence electrons. The number of piperazine rings is 2. The third kappa shape index (κ3) is 8.07. The number of amidine groups is 2. The van der Waals surface area contributed by atoms with Crippen LogP contribution in [0.1, 0.15) is 22.3 Å². The molecule has 2 saturated heterocycles. The monoisotopic (exact) mass is 734 g/mol. The molecule has 0 amide bonds. The summed E-state index contributed by atoms with van der Waals surface area (Å²) in [6.45, 7) is 2.42. The van der Waals surface area contributed by atoms with Gasteiger partial charge in [0.15, 0.2) is 11.7 Å². The highest BCUT2D eigenvalue weighted by Gasteiger charge is 2.38. The Balaban J connectivity index is 1.45. The average molecular weight is 736 g/mol. The van der Waals surface area contributed by atoms with Gasteiger partial charge in [-0.15, -0.1) is 10.2 Å². The van der Waals surface area contributed by atoms with Gasteiger partial charge in [0.25, 0.3) is 0 Å². The quantitative estimate of drug-likeness (QED) is 0.0913. The lowest BCUT2D eigenvalue weighted by Crippen LogP contribution is -2.50. The van der Waals surface area contributed by atoms with Crippen LogP contribution in [0.25, 0.3) is 0 Å². The number of hydrogen-bond acceptors (Lipinski definition) is 6. The Labute approximate surface area is 294 Å². The van der Waals surface area contributed by atoms with Crippen molar-refractivity contribution in [1.29, 1.82) is 0 Å². The summed E-state index contributed by atoms with van der Waals surface area (Å²) in [6, 6.07) is 17.2. The minimum atomic E-state index is -4.79. The zero-order chi connectivity index (χ0) is 35.5. The Hall–Kier alpha value is -4.56. The van der Waals surface area contributed by atoms with Crippen LogP contribution < -0.4 is 9.80 Å². The number of nitrogens with zero attached hydrogens (tertiary/aromatic N) is 8. The average Bonchev–Trinajstić information content (AvgIpc) is 3.10. The molecule has 0 spiro atoms. The second kappa shape index (κ2) is 14.7. The van der Waals surface area contributed by atoms with Crippen LogP contribution in [-0.4, -0.2) is 83.8 Å². The number of anilines is 2. The number of aromatic nitrogens is 2. The zero-order valence-electron chi connectivity index (χ0n) is 26.3. The van der Waals surface area contributed by atoms with E-state index in [4.69, 9.17) is 23.2 Å². The molecule has 0 atom stereocenters. The van der Waals surface area contributed by atoms with Gasteiger partial charge in [-0.25, -0.2) is 9.97 Å². The van der Waals surface area contributed by atoms with Gasteiger partial charge in [-0.3, -0.25) is 0 Å². The van der Waals surface area contributed by atoms with Gasteiger partial charge in [-0.2, -0.15) is 26.3 Å². The van der Waals surface area contributed by atoms with Crippen LogP contribution in [0.5, 0.6) is 0 Å². The first-order valence-electron chi connectivity index (χ1n) is 15.6. The molecule has 2 fully saturated rings. The number of benzene rings is 2. The third-order valence-electron chi connectivity index (χ3n) is 8.40. The normalized spacial score (nSPS) is 16.6. The number of hydrogen-bond donors (Lipinski definition) is 0. The van der Waals surface area contributed by atoms with Crippen molar-refractivity contribution < 1.29 is 26.3 Å². The maximum atomic E-state index is 14.4. The van der Waals surface area contributed by atoms with Crippen molar-refractivity contribution in [3.63, 3.8) is 0 Å². The molecule has 4 heterocycles. The van der Waals surface area contributed by atoms with E-state index in [0.717, 1.165) is 36.4 Å². The molecule has 2 aliphatic rings. The van der Waals surface area contributed by atoms with Gasteiger partial charge in [-0.1, -0.05) is 35.3 Å². The number of halogens is 8. The summed E-state index contributed by atoms with van der Waals surface area (Å²) < 4.78 is 86.5. The molecule has 0 N–H and O–H groups in total. The molecule has 2 aliphatic heterocycles. The second-order valence-corrected chi connectivity index (χ2v) is 12.4. The van der Waals surface area contributed by atoms with E-state index in [9.17, 15) is 26.3 Å². The van der Waals surface area contributed by atoms with Crippen molar-refractivity contribution in [3.8, 4) is 0 Å². The Kier molecular flexibility index (Phi) is 10.4. The fourth-order valence-electron chi connectivity index (χ4n) is 5.94. The van der Waals surface area contributed by atoms with E-state index < -0.39 is 23.5 Å². The first-order valence-corrected chi connectivity index (χ1v) is 16.4. The van der Waals surface area contributed by atoms with Crippen LogP contribution in [0.2, 0.25) is 10.0 Å². The number of pyridine rings is 2. The predicted molar refractivity (Wildman–Crippen MR) is 182 cm³/mol. The van der Waals surface area contributed by atoms with Crippen LogP contribution in [0.3, 0.4) is 0 Å². The Morgan fingerprint density at radius 2 is 0.920 bits per heavy atom. The lowest BCUT2D eigenvalue weighted by atomic mass is 10.0. The maximum Gasteiger partial charge on any atom is 0.417 e. The van der Waals surface area contributed by atoms with Crippen molar-refractivity contribution in [1.82, 2.24) is 19.8 Å². The number of rotatable bonds is 5. The first-order chi connectivity index (χ1) is 23.9. The van der Waals surface area contributed by atoms with Gasteiger partial charge >= 0.3 is 12.4 Å². The molecular formula is C34H30Cl2F6N8. The molecule has 0 saturated carbocycles. The minimum absolute atomic E-state index is 0.0249. The summed E-state index contributed by atoms with van der Waals surface area (Å²) in [4.78, 5) is 16.0. The molecule has 4 aromatic rings. The van der Waals surface area contributed by atoms with Gasteiger partial charge in [-0.05, 0) is 60.7 Å². The zero-order valence-corrected chi connectivity index (χ0v) is 27.9. The molecule has 0 radical (unpaired) electrons. The van der Waals surface area contributed by atoms with Gasteiger partial charge in [0, 0.05) is 85.9 Å². The van der Waals surface area contributed by atoms with Crippen molar-refractivity contribution in [2.24, 2.45) is 10.2 Å². The molecular weight excluding hydrogens is 705 g/mol. The van der Waals surface area contributed by atoms with Gasteiger partial charge in [0.05, 0.1) is 11.1 Å². The summed E-state index contributed by atoms with van der Waals surface area (Å²) in [5.74, 6) is 1.05. The maximum absolute atomic E-state index is 14.4. The fraction of sp³-hybridized carbons (Fsp3) is 0.294. The Morgan fingerprint density at radius 3 is 1.24 bits per heavy atom. The van der Waals surface area contributed by atoms with Crippen LogP contribution in [0, 0.1) is 0 Å². The van der Waals surface area contributed by atoms with Gasteiger partial charge in [0.2, 0.25) is 0 Å².